The average Bonchev–Trinajstić information content (AvgIpc) is 2.44. The Morgan fingerprint density at radius 2 is 1.52 bits per heavy atom. The summed E-state index contributed by atoms with van der Waals surface area (Å²) in [6.45, 7) is 3.54. The van der Waals surface area contributed by atoms with Crippen molar-refractivity contribution in [3.05, 3.63) is 0 Å². The predicted octanol–water partition coefficient (Wildman–Crippen LogP) is 4.94. The summed E-state index contributed by atoms with van der Waals surface area (Å²) in [5, 5.41) is 9.42. The lowest BCUT2D eigenvalue weighted by atomic mass is 9.75. The van der Waals surface area contributed by atoms with E-state index in [9.17, 15) is 36.2 Å². The summed E-state index contributed by atoms with van der Waals surface area (Å²) in [7, 11) is 0. The van der Waals surface area contributed by atoms with E-state index in [2.05, 4.69) is 0 Å². The van der Waals surface area contributed by atoms with Crippen LogP contribution in [0.5, 0.6) is 0 Å². The predicted molar refractivity (Wildman–Crippen MR) is 86.2 cm³/mol. The van der Waals surface area contributed by atoms with Crippen molar-refractivity contribution < 1.29 is 41.0 Å². The van der Waals surface area contributed by atoms with Gasteiger partial charge in [0.05, 0.1) is 0 Å². The van der Waals surface area contributed by atoms with Gasteiger partial charge in [0.1, 0.15) is 9.53 Å². The van der Waals surface area contributed by atoms with Crippen molar-refractivity contribution in [1.29, 1.82) is 0 Å². The van der Waals surface area contributed by atoms with Crippen LogP contribution < -0.4 is 0 Å². The standard InChI is InChI=1S/C15H21F6IO3/c1-3-8-12(2,22)11(23)25-10-6-4-9(5-7-10)13(24,14(16,17)18)15(19,20)21/h9-10,24H,3-8H2,1-2H3. The van der Waals surface area contributed by atoms with Crippen LogP contribution in [0.4, 0.5) is 26.3 Å². The lowest BCUT2D eigenvalue weighted by Gasteiger charge is -2.41. The summed E-state index contributed by atoms with van der Waals surface area (Å²) >= 11 is 1.92. The number of hydrogen-bond acceptors (Lipinski definition) is 3. The molecule has 3 nitrogen and oxygen atoms in total. The average molecular weight is 490 g/mol. The molecule has 0 bridgehead atoms. The van der Waals surface area contributed by atoms with E-state index < -0.39 is 52.2 Å². The van der Waals surface area contributed by atoms with Crippen molar-refractivity contribution in [1.82, 2.24) is 0 Å². The molecule has 1 fully saturated rings. The van der Waals surface area contributed by atoms with E-state index >= 15 is 0 Å². The summed E-state index contributed by atoms with van der Waals surface area (Å²) in [5.74, 6) is -2.54. The van der Waals surface area contributed by atoms with Crippen molar-refractivity contribution in [3.63, 3.8) is 0 Å². The molecule has 0 aromatic carbocycles. The molecule has 0 radical (unpaired) electrons. The molecule has 1 saturated carbocycles. The van der Waals surface area contributed by atoms with Crippen molar-refractivity contribution >= 4 is 28.6 Å². The van der Waals surface area contributed by atoms with Crippen molar-refractivity contribution in [2.75, 3.05) is 0 Å². The molecular formula is C15H21F6IO3. The first-order valence-electron chi connectivity index (χ1n) is 7.92. The van der Waals surface area contributed by atoms with Crippen LogP contribution in [0.1, 0.15) is 52.4 Å². The lowest BCUT2D eigenvalue weighted by molar-refractivity contribution is -0.387. The topological polar surface area (TPSA) is 46.5 Å². The Balaban J connectivity index is 2.77. The highest BCUT2D eigenvalue weighted by Crippen LogP contribution is 2.51. The van der Waals surface area contributed by atoms with Crippen LogP contribution in [0.3, 0.4) is 0 Å². The van der Waals surface area contributed by atoms with E-state index in [0.717, 1.165) is 6.42 Å². The minimum atomic E-state index is -5.82. The third kappa shape index (κ3) is 4.92. The molecule has 0 saturated heterocycles. The fourth-order valence-corrected chi connectivity index (χ4v) is 3.73. The highest BCUT2D eigenvalue weighted by molar-refractivity contribution is 14.1. The molecule has 1 unspecified atom stereocenters. The highest BCUT2D eigenvalue weighted by Gasteiger charge is 2.73. The molecular weight excluding hydrogens is 469 g/mol. The first kappa shape index (κ1) is 22.8. The number of alkyl halides is 7. The SMILES string of the molecule is CCCC(C)(I)C(=O)OC1CCC(C(O)(C(F)(F)F)C(F)(F)F)CC1. The largest absolute Gasteiger partial charge is 0.461 e. The molecule has 1 aliphatic rings. The van der Waals surface area contributed by atoms with Crippen LogP contribution >= 0.6 is 22.6 Å². The van der Waals surface area contributed by atoms with Gasteiger partial charge in [-0.2, -0.15) is 26.3 Å². The number of halogens is 7. The van der Waals surface area contributed by atoms with Gasteiger partial charge in [-0.1, -0.05) is 35.9 Å². The van der Waals surface area contributed by atoms with E-state index in [-0.39, 0.29) is 12.8 Å². The maximum atomic E-state index is 12.9. The lowest BCUT2D eigenvalue weighted by Crippen LogP contribution is -2.62. The molecule has 1 atom stereocenters. The maximum Gasteiger partial charge on any atom is 0.426 e. The fourth-order valence-electron chi connectivity index (χ4n) is 3.07. The minimum Gasteiger partial charge on any atom is -0.461 e. The summed E-state index contributed by atoms with van der Waals surface area (Å²) < 4.78 is 81.7. The van der Waals surface area contributed by atoms with E-state index in [4.69, 9.17) is 4.74 Å². The molecule has 0 aromatic rings. The summed E-state index contributed by atoms with van der Waals surface area (Å²) in [4.78, 5) is 12.1. The van der Waals surface area contributed by atoms with E-state index in [1.807, 2.05) is 29.5 Å². The van der Waals surface area contributed by atoms with Gasteiger partial charge in [0, 0.05) is 5.92 Å². The second-order valence-electron chi connectivity index (χ2n) is 6.59. The summed E-state index contributed by atoms with van der Waals surface area (Å²) in [6.07, 6.45) is -12.5. The Kier molecular flexibility index (Phi) is 7.08. The van der Waals surface area contributed by atoms with Gasteiger partial charge < -0.3 is 9.84 Å². The second kappa shape index (κ2) is 7.77. The number of rotatable bonds is 5. The van der Waals surface area contributed by atoms with Gasteiger partial charge in [0.25, 0.3) is 5.60 Å². The molecule has 25 heavy (non-hydrogen) atoms. The molecule has 1 N–H and O–H groups in total. The molecule has 0 aromatic heterocycles. The molecule has 0 aliphatic heterocycles. The van der Waals surface area contributed by atoms with Gasteiger partial charge in [-0.3, -0.25) is 4.79 Å². The van der Waals surface area contributed by atoms with Crippen LogP contribution in [-0.2, 0) is 9.53 Å². The van der Waals surface area contributed by atoms with Gasteiger partial charge in [0.15, 0.2) is 0 Å². The Bertz CT molecular complexity index is 453. The molecule has 0 heterocycles. The Labute approximate surface area is 155 Å². The van der Waals surface area contributed by atoms with E-state index in [0.29, 0.717) is 6.42 Å². The fraction of sp³-hybridized carbons (Fsp3) is 0.933. The van der Waals surface area contributed by atoms with Gasteiger partial charge in [-0.05, 0) is 39.0 Å². The second-order valence-corrected chi connectivity index (χ2v) is 8.97. The van der Waals surface area contributed by atoms with Gasteiger partial charge in [-0.25, -0.2) is 0 Å². The zero-order valence-electron chi connectivity index (χ0n) is 13.8. The molecule has 1 aliphatic carbocycles. The zero-order chi connectivity index (χ0) is 19.7. The number of ether oxygens (including phenoxy) is 1. The normalized spacial score (nSPS) is 25.4. The summed E-state index contributed by atoms with van der Waals surface area (Å²) in [5.41, 5.74) is -4.74. The third-order valence-corrected chi connectivity index (χ3v) is 5.53. The van der Waals surface area contributed by atoms with Gasteiger partial charge in [0.2, 0.25) is 0 Å². The molecule has 10 heteroatoms. The smallest absolute Gasteiger partial charge is 0.426 e. The molecule has 0 spiro atoms. The number of aliphatic hydroxyl groups is 1. The zero-order valence-corrected chi connectivity index (χ0v) is 16.0. The van der Waals surface area contributed by atoms with E-state index in [1.54, 1.807) is 6.92 Å². The number of esters is 1. The highest BCUT2D eigenvalue weighted by atomic mass is 127. The Hall–Kier alpha value is -0.260. The monoisotopic (exact) mass is 490 g/mol. The van der Waals surface area contributed by atoms with Crippen molar-refractivity contribution in [3.8, 4) is 0 Å². The molecule has 148 valence electrons. The van der Waals surface area contributed by atoms with Crippen LogP contribution in [0.2, 0.25) is 0 Å². The van der Waals surface area contributed by atoms with Crippen LogP contribution in [-0.4, -0.2) is 38.6 Å². The first-order chi connectivity index (χ1) is 11.2. The maximum absolute atomic E-state index is 12.9. The van der Waals surface area contributed by atoms with Crippen molar-refractivity contribution in [2.24, 2.45) is 5.92 Å². The molecule has 0 amide bonds. The van der Waals surface area contributed by atoms with Crippen LogP contribution in [0, 0.1) is 5.92 Å². The van der Waals surface area contributed by atoms with E-state index in [1.165, 1.54) is 0 Å². The number of carbonyl (C=O) groups excluding carboxylic acids is 1. The van der Waals surface area contributed by atoms with Gasteiger partial charge >= 0.3 is 18.3 Å². The van der Waals surface area contributed by atoms with Crippen LogP contribution in [0.15, 0.2) is 0 Å². The third-order valence-electron chi connectivity index (χ3n) is 4.55. The Morgan fingerprint density at radius 1 is 1.08 bits per heavy atom. The first-order valence-corrected chi connectivity index (χ1v) is 9.00. The van der Waals surface area contributed by atoms with Crippen molar-refractivity contribution in [2.45, 2.75) is 79.9 Å². The number of carbonyl (C=O) groups is 1. The van der Waals surface area contributed by atoms with Crippen LogP contribution in [0.25, 0.3) is 0 Å². The summed E-state index contributed by atoms with van der Waals surface area (Å²) in [6, 6.07) is 0. The number of hydrogen-bond donors (Lipinski definition) is 1. The van der Waals surface area contributed by atoms with Gasteiger partial charge in [-0.15, -0.1) is 0 Å². The molecule has 1 rings (SSSR count). The Morgan fingerprint density at radius 3 is 1.88 bits per heavy atom. The quantitative estimate of drug-likeness (QED) is 0.257. The minimum absolute atomic E-state index is 0.149.